The fourth-order valence-electron chi connectivity index (χ4n) is 1.65. The lowest BCUT2D eigenvalue weighted by molar-refractivity contribution is 0.0696. The zero-order chi connectivity index (χ0) is 15.8. The predicted molar refractivity (Wildman–Crippen MR) is 77.6 cm³/mol. The second-order valence-electron chi connectivity index (χ2n) is 4.12. The number of aromatic carboxylic acids is 2. The normalized spacial score (nSPS) is 9.38. The zero-order valence-corrected chi connectivity index (χ0v) is 11.5. The fraction of sp³-hybridized carbons (Fsp3) is 0.133. The van der Waals surface area contributed by atoms with Crippen molar-refractivity contribution in [2.24, 2.45) is 0 Å². The summed E-state index contributed by atoms with van der Waals surface area (Å²) in [4.78, 5) is 28.1. The molecule has 6 heteroatoms. The molecule has 6 nitrogen and oxygen atoms in total. The molecule has 21 heavy (non-hydrogen) atoms. The number of hydrogen-bond acceptors (Lipinski definition) is 3. The summed E-state index contributed by atoms with van der Waals surface area (Å²) in [5, 5.41) is 17.4. The molecule has 0 saturated heterocycles. The Morgan fingerprint density at radius 2 is 1.86 bits per heavy atom. The van der Waals surface area contributed by atoms with Crippen molar-refractivity contribution in [3.63, 3.8) is 0 Å². The molecule has 0 amide bonds. The van der Waals surface area contributed by atoms with Crippen LogP contribution in [0.2, 0.25) is 0 Å². The van der Waals surface area contributed by atoms with Crippen LogP contribution in [0.3, 0.4) is 0 Å². The number of hydrogen-bond donors (Lipinski definition) is 3. The van der Waals surface area contributed by atoms with Crippen molar-refractivity contribution in [2.45, 2.75) is 13.3 Å². The average molecular weight is 288 g/mol. The van der Waals surface area contributed by atoms with Crippen molar-refractivity contribution in [1.82, 2.24) is 9.97 Å². The molecule has 2 aromatic rings. The van der Waals surface area contributed by atoms with Crippen LogP contribution in [0.1, 0.15) is 32.1 Å². The van der Waals surface area contributed by atoms with Crippen LogP contribution in [0.15, 0.2) is 43.2 Å². The highest BCUT2D eigenvalue weighted by Gasteiger charge is 2.13. The zero-order valence-electron chi connectivity index (χ0n) is 11.5. The van der Waals surface area contributed by atoms with E-state index in [0.29, 0.717) is 0 Å². The van der Waals surface area contributed by atoms with Gasteiger partial charge in [0.1, 0.15) is 5.82 Å². The molecule has 1 aromatic heterocycles. The lowest BCUT2D eigenvalue weighted by Gasteiger charge is -2.03. The summed E-state index contributed by atoms with van der Waals surface area (Å²) >= 11 is 0. The van der Waals surface area contributed by atoms with Gasteiger partial charge in [-0.3, -0.25) is 0 Å². The molecule has 1 aromatic carbocycles. The van der Waals surface area contributed by atoms with E-state index < -0.39 is 11.9 Å². The lowest BCUT2D eigenvalue weighted by atomic mass is 10.0. The Kier molecular flexibility index (Phi) is 5.88. The van der Waals surface area contributed by atoms with Gasteiger partial charge in [-0.2, -0.15) is 0 Å². The van der Waals surface area contributed by atoms with E-state index >= 15 is 0 Å². The van der Waals surface area contributed by atoms with Crippen molar-refractivity contribution in [2.75, 3.05) is 0 Å². The van der Waals surface area contributed by atoms with Gasteiger partial charge in [-0.15, -0.1) is 6.58 Å². The molecule has 0 aliphatic rings. The van der Waals surface area contributed by atoms with Gasteiger partial charge in [0.05, 0.1) is 11.1 Å². The molecule has 0 radical (unpaired) electrons. The van der Waals surface area contributed by atoms with Gasteiger partial charge in [0, 0.05) is 18.8 Å². The molecular formula is C15H16N2O4. The molecule has 0 aliphatic heterocycles. The van der Waals surface area contributed by atoms with Crippen LogP contribution in [0.5, 0.6) is 0 Å². The minimum Gasteiger partial charge on any atom is -0.478 e. The maximum absolute atomic E-state index is 10.6. The van der Waals surface area contributed by atoms with E-state index in [-0.39, 0.29) is 16.7 Å². The van der Waals surface area contributed by atoms with Crippen molar-refractivity contribution in [1.29, 1.82) is 0 Å². The number of benzene rings is 1. The van der Waals surface area contributed by atoms with Gasteiger partial charge in [-0.05, 0) is 24.6 Å². The molecule has 110 valence electrons. The van der Waals surface area contributed by atoms with Gasteiger partial charge in [-0.25, -0.2) is 14.6 Å². The van der Waals surface area contributed by atoms with E-state index in [1.807, 2.05) is 6.08 Å². The SMILES string of the molecule is C=CCc1ncc[nH]1.Cc1c(C(=O)O)cccc1C(=O)O. The Labute approximate surface area is 121 Å². The molecule has 0 unspecified atom stereocenters. The number of carboxylic acids is 2. The first-order valence-electron chi connectivity index (χ1n) is 6.12. The van der Waals surface area contributed by atoms with E-state index in [4.69, 9.17) is 10.2 Å². The molecule has 0 aliphatic carbocycles. The third-order valence-corrected chi connectivity index (χ3v) is 2.69. The van der Waals surface area contributed by atoms with Crippen LogP contribution in [-0.4, -0.2) is 32.1 Å². The number of aromatic amines is 1. The number of rotatable bonds is 4. The molecule has 0 saturated carbocycles. The maximum atomic E-state index is 10.6. The molecule has 3 N–H and O–H groups in total. The number of carboxylic acid groups (broad SMARTS) is 2. The van der Waals surface area contributed by atoms with Gasteiger partial charge in [0.15, 0.2) is 0 Å². The maximum Gasteiger partial charge on any atom is 0.335 e. The summed E-state index contributed by atoms with van der Waals surface area (Å²) in [7, 11) is 0. The Morgan fingerprint density at radius 1 is 1.29 bits per heavy atom. The van der Waals surface area contributed by atoms with Crippen LogP contribution in [-0.2, 0) is 6.42 Å². The molecule has 0 atom stereocenters. The number of allylic oxidation sites excluding steroid dienone is 1. The number of imidazole rings is 1. The number of H-pyrrole nitrogens is 1. The average Bonchev–Trinajstić information content (AvgIpc) is 2.92. The highest BCUT2D eigenvalue weighted by molar-refractivity contribution is 5.96. The summed E-state index contributed by atoms with van der Waals surface area (Å²) in [6.07, 6.45) is 6.18. The summed E-state index contributed by atoms with van der Waals surface area (Å²) in [5.74, 6) is -1.25. The highest BCUT2D eigenvalue weighted by Crippen LogP contribution is 2.13. The number of nitrogens with one attached hydrogen (secondary N) is 1. The summed E-state index contributed by atoms with van der Waals surface area (Å²) in [5.41, 5.74) is 0.335. The van der Waals surface area contributed by atoms with Crippen molar-refractivity contribution in [3.8, 4) is 0 Å². The molecule has 0 bridgehead atoms. The lowest BCUT2D eigenvalue weighted by Crippen LogP contribution is -2.06. The first-order chi connectivity index (χ1) is 9.97. The molecule has 0 spiro atoms. The molecular weight excluding hydrogens is 272 g/mol. The third kappa shape index (κ3) is 4.61. The van der Waals surface area contributed by atoms with Gasteiger partial charge in [-0.1, -0.05) is 12.1 Å². The largest absolute Gasteiger partial charge is 0.478 e. The fourth-order valence-corrected chi connectivity index (χ4v) is 1.65. The van der Waals surface area contributed by atoms with Gasteiger partial charge in [0.2, 0.25) is 0 Å². The Bertz CT molecular complexity index is 601. The smallest absolute Gasteiger partial charge is 0.335 e. The van der Waals surface area contributed by atoms with E-state index in [1.54, 1.807) is 12.4 Å². The molecule has 2 rings (SSSR count). The number of nitrogens with zero attached hydrogens (tertiary/aromatic N) is 1. The van der Waals surface area contributed by atoms with Crippen LogP contribution in [0, 0.1) is 6.92 Å². The topological polar surface area (TPSA) is 103 Å². The standard InChI is InChI=1S/C9H8O4.C6H8N2/c1-5-6(8(10)11)3-2-4-7(5)9(12)13;1-2-3-6-7-4-5-8-6/h2-4H,1H3,(H,10,11)(H,12,13);2,4-5H,1,3H2,(H,7,8). The monoisotopic (exact) mass is 288 g/mol. The second-order valence-corrected chi connectivity index (χ2v) is 4.12. The van der Waals surface area contributed by atoms with Crippen molar-refractivity contribution >= 4 is 11.9 Å². The minimum absolute atomic E-state index is 0.0277. The van der Waals surface area contributed by atoms with E-state index in [2.05, 4.69) is 16.5 Å². The summed E-state index contributed by atoms with van der Waals surface area (Å²) in [6.45, 7) is 5.05. The second kappa shape index (κ2) is 7.64. The van der Waals surface area contributed by atoms with E-state index in [1.165, 1.54) is 25.1 Å². The number of carbonyl (C=O) groups is 2. The summed E-state index contributed by atoms with van der Waals surface area (Å²) in [6, 6.07) is 4.17. The third-order valence-electron chi connectivity index (χ3n) is 2.69. The van der Waals surface area contributed by atoms with E-state index in [9.17, 15) is 9.59 Å². The van der Waals surface area contributed by atoms with Crippen LogP contribution in [0.4, 0.5) is 0 Å². The van der Waals surface area contributed by atoms with Crippen LogP contribution in [0.25, 0.3) is 0 Å². The predicted octanol–water partition coefficient (Wildman–Crippen LogP) is 2.53. The molecule has 1 heterocycles. The Hall–Kier alpha value is -2.89. The summed E-state index contributed by atoms with van der Waals surface area (Å²) < 4.78 is 0. The first kappa shape index (κ1) is 16.2. The Balaban J connectivity index is 0.000000235. The Morgan fingerprint density at radius 3 is 2.24 bits per heavy atom. The number of aromatic nitrogens is 2. The minimum atomic E-state index is -1.11. The van der Waals surface area contributed by atoms with Gasteiger partial charge in [0.25, 0.3) is 0 Å². The molecule has 0 fully saturated rings. The van der Waals surface area contributed by atoms with Crippen molar-refractivity contribution < 1.29 is 19.8 Å². The highest BCUT2D eigenvalue weighted by atomic mass is 16.4. The van der Waals surface area contributed by atoms with Crippen molar-refractivity contribution in [3.05, 3.63) is 65.8 Å². The van der Waals surface area contributed by atoms with Crippen LogP contribution >= 0.6 is 0 Å². The van der Waals surface area contributed by atoms with Gasteiger partial charge >= 0.3 is 11.9 Å². The first-order valence-corrected chi connectivity index (χ1v) is 6.12. The van der Waals surface area contributed by atoms with Crippen LogP contribution < -0.4 is 0 Å². The quantitative estimate of drug-likeness (QED) is 0.750. The van der Waals surface area contributed by atoms with E-state index in [0.717, 1.165) is 12.2 Å². The van der Waals surface area contributed by atoms with Gasteiger partial charge < -0.3 is 15.2 Å².